The van der Waals surface area contributed by atoms with Crippen molar-refractivity contribution in [3.8, 4) is 0 Å². The van der Waals surface area contributed by atoms with Crippen LogP contribution in [0.15, 0.2) is 11.0 Å². The van der Waals surface area contributed by atoms with Gasteiger partial charge in [0, 0.05) is 5.25 Å². The zero-order valence-electron chi connectivity index (χ0n) is 7.27. The molecule has 0 N–H and O–H groups in total. The van der Waals surface area contributed by atoms with E-state index in [1.807, 2.05) is 11.8 Å². The van der Waals surface area contributed by atoms with E-state index >= 15 is 0 Å². The maximum absolute atomic E-state index is 2.35. The molecule has 1 rings (SSSR count). The minimum absolute atomic E-state index is 0.471. The lowest BCUT2D eigenvalue weighted by Gasteiger charge is -2.25. The molecular weight excluding hydrogens is 140 g/mol. The van der Waals surface area contributed by atoms with Crippen LogP contribution >= 0.6 is 11.8 Å². The summed E-state index contributed by atoms with van der Waals surface area (Å²) in [5.74, 6) is 0. The van der Waals surface area contributed by atoms with Crippen molar-refractivity contribution in [2.45, 2.75) is 39.4 Å². The molecule has 0 aromatic rings. The Balaban J connectivity index is 2.50. The van der Waals surface area contributed by atoms with E-state index in [9.17, 15) is 0 Å². The van der Waals surface area contributed by atoms with Crippen LogP contribution in [0.2, 0.25) is 0 Å². The van der Waals surface area contributed by atoms with E-state index in [1.165, 1.54) is 11.3 Å². The van der Waals surface area contributed by atoms with E-state index in [0.29, 0.717) is 5.41 Å². The van der Waals surface area contributed by atoms with Gasteiger partial charge >= 0.3 is 0 Å². The molecule has 0 saturated heterocycles. The van der Waals surface area contributed by atoms with Gasteiger partial charge in [0.1, 0.15) is 0 Å². The minimum Gasteiger partial charge on any atom is -0.127 e. The third-order valence-electron chi connectivity index (χ3n) is 1.91. The van der Waals surface area contributed by atoms with Gasteiger partial charge < -0.3 is 0 Å². The Morgan fingerprint density at radius 1 is 1.50 bits per heavy atom. The highest BCUT2D eigenvalue weighted by atomic mass is 32.2. The molecule has 0 radical (unpaired) electrons. The summed E-state index contributed by atoms with van der Waals surface area (Å²) in [6.07, 6.45) is 3.61. The van der Waals surface area contributed by atoms with Crippen molar-refractivity contribution < 1.29 is 0 Å². The molecule has 0 bridgehead atoms. The fourth-order valence-electron chi connectivity index (χ4n) is 1.12. The lowest BCUT2D eigenvalue weighted by atomic mass is 9.90. The number of allylic oxidation sites excluding steroid dienone is 2. The molecule has 1 aliphatic heterocycles. The van der Waals surface area contributed by atoms with Crippen molar-refractivity contribution in [1.29, 1.82) is 0 Å². The highest BCUT2D eigenvalue weighted by molar-refractivity contribution is 8.03. The summed E-state index contributed by atoms with van der Waals surface area (Å²) >= 11 is 2.03. The SMILES string of the molecule is CC1=CCC(C(C)(C)C)S1. The van der Waals surface area contributed by atoms with Gasteiger partial charge in [0.15, 0.2) is 0 Å². The first-order valence-corrected chi connectivity index (χ1v) is 4.71. The van der Waals surface area contributed by atoms with Gasteiger partial charge in [0.25, 0.3) is 0 Å². The van der Waals surface area contributed by atoms with Gasteiger partial charge in [-0.3, -0.25) is 0 Å². The highest BCUT2D eigenvalue weighted by Crippen LogP contribution is 2.41. The second-order valence-corrected chi connectivity index (χ2v) is 5.47. The standard InChI is InChI=1S/C9H16S/c1-7-5-6-8(10-7)9(2,3)4/h5,8H,6H2,1-4H3. The first-order valence-electron chi connectivity index (χ1n) is 3.83. The van der Waals surface area contributed by atoms with Crippen LogP contribution in [0.3, 0.4) is 0 Å². The number of thioether (sulfide) groups is 1. The van der Waals surface area contributed by atoms with Crippen LogP contribution in [0.1, 0.15) is 34.1 Å². The first-order chi connectivity index (χ1) is 4.50. The molecule has 1 aliphatic rings. The fourth-order valence-corrected chi connectivity index (χ4v) is 2.31. The summed E-state index contributed by atoms with van der Waals surface area (Å²) in [5.41, 5.74) is 0.471. The molecule has 0 saturated carbocycles. The average molecular weight is 156 g/mol. The quantitative estimate of drug-likeness (QED) is 0.517. The summed E-state index contributed by atoms with van der Waals surface area (Å²) < 4.78 is 0. The molecule has 0 aromatic carbocycles. The predicted octanol–water partition coefficient (Wildman–Crippen LogP) is 3.44. The Morgan fingerprint density at radius 3 is 2.30 bits per heavy atom. The maximum atomic E-state index is 2.35. The smallest absolute Gasteiger partial charge is 0.0174 e. The second kappa shape index (κ2) is 2.61. The zero-order chi connectivity index (χ0) is 7.78. The number of rotatable bonds is 0. The molecule has 1 heteroatoms. The van der Waals surface area contributed by atoms with Crippen molar-refractivity contribution >= 4 is 11.8 Å². The van der Waals surface area contributed by atoms with Crippen LogP contribution in [-0.4, -0.2) is 5.25 Å². The van der Waals surface area contributed by atoms with Crippen LogP contribution in [0.5, 0.6) is 0 Å². The van der Waals surface area contributed by atoms with Gasteiger partial charge in [0.2, 0.25) is 0 Å². The molecule has 1 unspecified atom stereocenters. The molecule has 0 fully saturated rings. The number of hydrogen-bond donors (Lipinski definition) is 0. The van der Waals surface area contributed by atoms with E-state index in [4.69, 9.17) is 0 Å². The van der Waals surface area contributed by atoms with Crippen LogP contribution < -0.4 is 0 Å². The third kappa shape index (κ3) is 1.79. The fraction of sp³-hybridized carbons (Fsp3) is 0.778. The van der Waals surface area contributed by atoms with E-state index in [1.54, 1.807) is 0 Å². The van der Waals surface area contributed by atoms with Crippen molar-refractivity contribution in [1.82, 2.24) is 0 Å². The molecule has 10 heavy (non-hydrogen) atoms. The van der Waals surface area contributed by atoms with Gasteiger partial charge in [-0.1, -0.05) is 26.8 Å². The Labute approximate surface area is 68.1 Å². The zero-order valence-corrected chi connectivity index (χ0v) is 8.09. The van der Waals surface area contributed by atoms with Gasteiger partial charge in [-0.15, -0.1) is 11.8 Å². The Morgan fingerprint density at radius 2 is 2.10 bits per heavy atom. The van der Waals surface area contributed by atoms with Crippen molar-refractivity contribution in [2.24, 2.45) is 5.41 Å². The van der Waals surface area contributed by atoms with Crippen molar-refractivity contribution in [3.05, 3.63) is 11.0 Å². The molecule has 0 spiro atoms. The molecule has 1 heterocycles. The third-order valence-corrected chi connectivity index (χ3v) is 3.64. The first kappa shape index (κ1) is 8.19. The maximum Gasteiger partial charge on any atom is 0.0174 e. The largest absolute Gasteiger partial charge is 0.127 e. The molecule has 0 aromatic heterocycles. The van der Waals surface area contributed by atoms with Gasteiger partial charge in [-0.05, 0) is 23.7 Å². The van der Waals surface area contributed by atoms with Gasteiger partial charge in [-0.2, -0.15) is 0 Å². The lowest BCUT2D eigenvalue weighted by Crippen LogP contribution is -2.20. The molecule has 0 aliphatic carbocycles. The van der Waals surface area contributed by atoms with E-state index in [-0.39, 0.29) is 0 Å². The molecular formula is C9H16S. The van der Waals surface area contributed by atoms with Gasteiger partial charge in [0.05, 0.1) is 0 Å². The molecule has 0 nitrogen and oxygen atoms in total. The Kier molecular flexibility index (Phi) is 2.14. The molecule has 1 atom stereocenters. The molecule has 58 valence electrons. The highest BCUT2D eigenvalue weighted by Gasteiger charge is 2.27. The summed E-state index contributed by atoms with van der Waals surface area (Å²) in [4.78, 5) is 1.50. The van der Waals surface area contributed by atoms with Crippen LogP contribution in [0.25, 0.3) is 0 Å². The van der Waals surface area contributed by atoms with E-state index < -0.39 is 0 Å². The van der Waals surface area contributed by atoms with Crippen LogP contribution in [-0.2, 0) is 0 Å². The normalized spacial score (nSPS) is 26.8. The number of hydrogen-bond acceptors (Lipinski definition) is 1. The van der Waals surface area contributed by atoms with Crippen LogP contribution in [0, 0.1) is 5.41 Å². The summed E-state index contributed by atoms with van der Waals surface area (Å²) in [6.45, 7) is 9.15. The predicted molar refractivity (Wildman–Crippen MR) is 49.2 cm³/mol. The average Bonchev–Trinajstić information content (AvgIpc) is 2.11. The van der Waals surface area contributed by atoms with Crippen molar-refractivity contribution in [3.63, 3.8) is 0 Å². The topological polar surface area (TPSA) is 0 Å². The van der Waals surface area contributed by atoms with E-state index in [0.717, 1.165) is 5.25 Å². The summed E-state index contributed by atoms with van der Waals surface area (Å²) in [5, 5.41) is 0.812. The lowest BCUT2D eigenvalue weighted by molar-refractivity contribution is 0.398. The molecule has 0 amide bonds. The van der Waals surface area contributed by atoms with Crippen LogP contribution in [0.4, 0.5) is 0 Å². The summed E-state index contributed by atoms with van der Waals surface area (Å²) in [6, 6.07) is 0. The second-order valence-electron chi connectivity index (χ2n) is 4.02. The van der Waals surface area contributed by atoms with Crippen molar-refractivity contribution in [2.75, 3.05) is 0 Å². The summed E-state index contributed by atoms with van der Waals surface area (Å²) in [7, 11) is 0. The monoisotopic (exact) mass is 156 g/mol. The Bertz CT molecular complexity index is 151. The minimum atomic E-state index is 0.471. The van der Waals surface area contributed by atoms with E-state index in [2.05, 4.69) is 33.8 Å². The van der Waals surface area contributed by atoms with Gasteiger partial charge in [-0.25, -0.2) is 0 Å². The Hall–Kier alpha value is 0.0900.